The summed E-state index contributed by atoms with van der Waals surface area (Å²) < 4.78 is 8.21. The van der Waals surface area contributed by atoms with Crippen molar-refractivity contribution in [2.75, 3.05) is 6.61 Å². The summed E-state index contributed by atoms with van der Waals surface area (Å²) >= 11 is 6.41. The highest BCUT2D eigenvalue weighted by molar-refractivity contribution is 6.20. The topological polar surface area (TPSA) is 27.1 Å². The minimum Gasteiger partial charge on any atom is -0.375 e. The lowest BCUT2D eigenvalue weighted by atomic mass is 9.93. The molecular formula is C17H23ClN2O. The summed E-state index contributed by atoms with van der Waals surface area (Å²) in [6.45, 7) is 9.22. The molecule has 0 radical (unpaired) electrons. The third-order valence-corrected chi connectivity index (χ3v) is 4.54. The molecule has 0 aliphatic carbocycles. The average molecular weight is 307 g/mol. The van der Waals surface area contributed by atoms with Gasteiger partial charge in [-0.2, -0.15) is 0 Å². The van der Waals surface area contributed by atoms with E-state index in [1.54, 1.807) is 0 Å². The third-order valence-electron chi connectivity index (χ3n) is 4.34. The second-order valence-electron chi connectivity index (χ2n) is 6.65. The standard InChI is InChI=1S/C17H23ClN2O/c1-11-6-5-7-14-15(11)19-16(12(2)18)20(14)13-8-9-21-17(3,4)10-13/h5-7,12-13H,8-10H2,1-4H3. The van der Waals surface area contributed by atoms with Gasteiger partial charge in [0.15, 0.2) is 0 Å². The Labute approximate surface area is 131 Å². The van der Waals surface area contributed by atoms with Crippen LogP contribution in [0.4, 0.5) is 0 Å². The smallest absolute Gasteiger partial charge is 0.127 e. The predicted octanol–water partition coefficient (Wildman–Crippen LogP) is 4.77. The highest BCUT2D eigenvalue weighted by Gasteiger charge is 2.32. The Bertz CT molecular complexity index is 660. The Morgan fingerprint density at radius 3 is 2.86 bits per heavy atom. The van der Waals surface area contributed by atoms with E-state index in [9.17, 15) is 0 Å². The van der Waals surface area contributed by atoms with Gasteiger partial charge >= 0.3 is 0 Å². The van der Waals surface area contributed by atoms with Gasteiger partial charge in [-0.15, -0.1) is 11.6 Å². The van der Waals surface area contributed by atoms with Crippen LogP contribution in [0.2, 0.25) is 0 Å². The predicted molar refractivity (Wildman–Crippen MR) is 87.0 cm³/mol. The fourth-order valence-electron chi connectivity index (χ4n) is 3.36. The van der Waals surface area contributed by atoms with Crippen LogP contribution in [0.5, 0.6) is 0 Å². The highest BCUT2D eigenvalue weighted by Crippen LogP contribution is 2.37. The fourth-order valence-corrected chi connectivity index (χ4v) is 3.51. The molecule has 0 bridgehead atoms. The molecule has 2 aromatic rings. The van der Waals surface area contributed by atoms with E-state index in [4.69, 9.17) is 21.3 Å². The SMILES string of the molecule is Cc1cccc2c1nc(C(C)Cl)n2C1CCOC(C)(C)C1. The average Bonchev–Trinajstić information content (AvgIpc) is 2.78. The van der Waals surface area contributed by atoms with Crippen LogP contribution in [-0.2, 0) is 4.74 Å². The van der Waals surface area contributed by atoms with Gasteiger partial charge in [-0.3, -0.25) is 0 Å². The number of hydrogen-bond donors (Lipinski definition) is 0. The molecule has 1 aliphatic heterocycles. The van der Waals surface area contributed by atoms with Crippen molar-refractivity contribution in [1.29, 1.82) is 0 Å². The number of benzene rings is 1. The molecule has 2 unspecified atom stereocenters. The van der Waals surface area contributed by atoms with Crippen LogP contribution >= 0.6 is 11.6 Å². The van der Waals surface area contributed by atoms with E-state index in [2.05, 4.69) is 43.5 Å². The minimum atomic E-state index is -0.0947. The monoisotopic (exact) mass is 306 g/mol. The molecule has 21 heavy (non-hydrogen) atoms. The first-order valence-electron chi connectivity index (χ1n) is 7.64. The number of nitrogens with zero attached hydrogens (tertiary/aromatic N) is 2. The first kappa shape index (κ1) is 14.9. The van der Waals surface area contributed by atoms with E-state index in [1.807, 2.05) is 6.92 Å². The second-order valence-corrected chi connectivity index (χ2v) is 7.31. The molecule has 114 valence electrons. The maximum absolute atomic E-state index is 6.41. The normalized spacial score (nSPS) is 23.4. The van der Waals surface area contributed by atoms with Crippen LogP contribution in [0.25, 0.3) is 11.0 Å². The lowest BCUT2D eigenvalue weighted by molar-refractivity contribution is -0.0688. The maximum atomic E-state index is 6.41. The van der Waals surface area contributed by atoms with Crippen LogP contribution in [0.3, 0.4) is 0 Å². The maximum Gasteiger partial charge on any atom is 0.127 e. The second kappa shape index (κ2) is 5.29. The van der Waals surface area contributed by atoms with E-state index in [-0.39, 0.29) is 11.0 Å². The Kier molecular flexibility index (Phi) is 3.74. The molecule has 2 atom stereocenters. The number of aryl methyl sites for hydroxylation is 1. The van der Waals surface area contributed by atoms with Gasteiger partial charge < -0.3 is 9.30 Å². The van der Waals surface area contributed by atoms with Crippen molar-refractivity contribution < 1.29 is 4.74 Å². The van der Waals surface area contributed by atoms with E-state index in [0.717, 1.165) is 30.8 Å². The van der Waals surface area contributed by atoms with Crippen molar-refractivity contribution in [1.82, 2.24) is 9.55 Å². The summed E-state index contributed by atoms with van der Waals surface area (Å²) in [4.78, 5) is 4.82. The number of alkyl halides is 1. The molecule has 1 aliphatic rings. The van der Waals surface area contributed by atoms with Gasteiger partial charge in [0.1, 0.15) is 5.82 Å². The van der Waals surface area contributed by atoms with Crippen molar-refractivity contribution in [2.24, 2.45) is 0 Å². The van der Waals surface area contributed by atoms with E-state index >= 15 is 0 Å². The van der Waals surface area contributed by atoms with Crippen LogP contribution in [-0.4, -0.2) is 21.8 Å². The molecule has 1 saturated heterocycles. The molecule has 0 N–H and O–H groups in total. The quantitative estimate of drug-likeness (QED) is 0.747. The summed E-state index contributed by atoms with van der Waals surface area (Å²) in [6, 6.07) is 6.76. The Balaban J connectivity index is 2.16. The first-order valence-corrected chi connectivity index (χ1v) is 8.08. The van der Waals surface area contributed by atoms with Crippen molar-refractivity contribution in [3.05, 3.63) is 29.6 Å². The zero-order chi connectivity index (χ0) is 15.2. The number of fused-ring (bicyclic) bond motifs is 1. The molecule has 1 aromatic carbocycles. The highest BCUT2D eigenvalue weighted by atomic mass is 35.5. The van der Waals surface area contributed by atoms with Gasteiger partial charge in [0, 0.05) is 12.6 Å². The zero-order valence-corrected chi connectivity index (χ0v) is 13.9. The summed E-state index contributed by atoms with van der Waals surface area (Å²) in [5.74, 6) is 0.976. The van der Waals surface area contributed by atoms with Gasteiger partial charge in [-0.05, 0) is 52.2 Å². The van der Waals surface area contributed by atoms with E-state index in [1.165, 1.54) is 11.1 Å². The van der Waals surface area contributed by atoms with Gasteiger partial charge in [0.2, 0.25) is 0 Å². The van der Waals surface area contributed by atoms with Gasteiger partial charge in [0.25, 0.3) is 0 Å². The van der Waals surface area contributed by atoms with Gasteiger partial charge in [-0.25, -0.2) is 4.98 Å². The number of halogens is 1. The molecule has 0 spiro atoms. The molecule has 3 nitrogen and oxygen atoms in total. The van der Waals surface area contributed by atoms with Gasteiger partial charge in [-0.1, -0.05) is 12.1 Å². The third kappa shape index (κ3) is 2.69. The Morgan fingerprint density at radius 1 is 1.43 bits per heavy atom. The molecule has 4 heteroatoms. The van der Waals surface area contributed by atoms with Gasteiger partial charge in [0.05, 0.1) is 22.0 Å². The number of rotatable bonds is 2. The van der Waals surface area contributed by atoms with Crippen molar-refractivity contribution >= 4 is 22.6 Å². The number of para-hydroxylation sites is 1. The van der Waals surface area contributed by atoms with Crippen molar-refractivity contribution in [3.8, 4) is 0 Å². The summed E-state index contributed by atoms with van der Waals surface area (Å²) in [6.07, 6.45) is 2.00. The molecular weight excluding hydrogens is 284 g/mol. The molecule has 1 aromatic heterocycles. The first-order chi connectivity index (χ1) is 9.89. The molecule has 3 rings (SSSR count). The molecule has 0 amide bonds. The summed E-state index contributed by atoms with van der Waals surface area (Å²) in [7, 11) is 0. The van der Waals surface area contributed by atoms with Crippen LogP contribution in [0.1, 0.15) is 56.4 Å². The van der Waals surface area contributed by atoms with Crippen LogP contribution < -0.4 is 0 Å². The summed E-state index contributed by atoms with van der Waals surface area (Å²) in [5, 5.41) is -0.0947. The Morgan fingerprint density at radius 2 is 2.19 bits per heavy atom. The lowest BCUT2D eigenvalue weighted by Crippen LogP contribution is -2.35. The molecule has 2 heterocycles. The number of aromatic nitrogens is 2. The summed E-state index contributed by atoms with van der Waals surface area (Å²) in [5.41, 5.74) is 3.39. The van der Waals surface area contributed by atoms with E-state index < -0.39 is 0 Å². The van der Waals surface area contributed by atoms with Crippen LogP contribution in [0, 0.1) is 6.92 Å². The Hall–Kier alpha value is -1.06. The fraction of sp³-hybridized carbons (Fsp3) is 0.588. The molecule has 1 fully saturated rings. The lowest BCUT2D eigenvalue weighted by Gasteiger charge is -2.37. The largest absolute Gasteiger partial charge is 0.375 e. The van der Waals surface area contributed by atoms with Crippen molar-refractivity contribution in [3.63, 3.8) is 0 Å². The minimum absolute atomic E-state index is 0.0871. The van der Waals surface area contributed by atoms with Crippen LogP contribution in [0.15, 0.2) is 18.2 Å². The number of imidazole rings is 1. The zero-order valence-electron chi connectivity index (χ0n) is 13.2. The van der Waals surface area contributed by atoms with E-state index in [0.29, 0.717) is 6.04 Å². The number of ether oxygens (including phenoxy) is 1. The van der Waals surface area contributed by atoms with Crippen molar-refractivity contribution in [2.45, 2.75) is 57.6 Å². The molecule has 0 saturated carbocycles. The number of hydrogen-bond acceptors (Lipinski definition) is 2.